The molecule has 0 saturated carbocycles. The molecule has 0 radical (unpaired) electrons. The third-order valence-corrected chi connectivity index (χ3v) is 3.30. The van der Waals surface area contributed by atoms with Gasteiger partial charge in [-0.3, -0.25) is 9.69 Å². The van der Waals surface area contributed by atoms with Crippen molar-refractivity contribution in [3.63, 3.8) is 0 Å². The molecule has 0 aliphatic heterocycles. The Balaban J connectivity index is 0.000000646. The molecule has 138 valence electrons. The topological polar surface area (TPSA) is 58.4 Å². The molecule has 0 aromatic heterocycles. The fourth-order valence-electron chi connectivity index (χ4n) is 1.99. The summed E-state index contributed by atoms with van der Waals surface area (Å²) in [6.45, 7) is 20.2. The van der Waals surface area contributed by atoms with Crippen LogP contribution in [0.15, 0.2) is 59.9 Å². The molecule has 0 unspecified atom stereocenters. The van der Waals surface area contributed by atoms with Crippen LogP contribution in [0.4, 0.5) is 0 Å². The number of hydrogen-bond donors (Lipinski definition) is 2. The van der Waals surface area contributed by atoms with Crippen molar-refractivity contribution >= 4 is 12.2 Å². The molecule has 0 atom stereocenters. The van der Waals surface area contributed by atoms with Crippen LogP contribution in [0.2, 0.25) is 0 Å². The van der Waals surface area contributed by atoms with E-state index >= 15 is 0 Å². The highest BCUT2D eigenvalue weighted by molar-refractivity contribution is 5.69. The van der Waals surface area contributed by atoms with Crippen molar-refractivity contribution < 1.29 is 14.9 Å². The van der Waals surface area contributed by atoms with Crippen LogP contribution >= 0.6 is 0 Å². The Labute approximate surface area is 160 Å². The number of aromatic hydroxyl groups is 2. The van der Waals surface area contributed by atoms with Crippen LogP contribution in [0.5, 0.6) is 11.5 Å². The Morgan fingerprint density at radius 3 is 1.33 bits per heavy atom. The smallest absolute Gasteiger partial charge is 0.195 e. The molecular weight excluding hydrogens is 340 g/mol. The maximum Gasteiger partial charge on any atom is 0.195 e. The molecule has 2 aromatic rings. The Morgan fingerprint density at radius 1 is 0.778 bits per heavy atom. The van der Waals surface area contributed by atoms with E-state index < -0.39 is 0 Å². The lowest BCUT2D eigenvalue weighted by Crippen LogP contribution is -1.84. The summed E-state index contributed by atoms with van der Waals surface area (Å²) in [5.41, 5.74) is 1.88. The summed E-state index contributed by atoms with van der Waals surface area (Å²) in [4.78, 5) is 6.82. The summed E-state index contributed by atoms with van der Waals surface area (Å²) in [5, 5.41) is 18.5. The standard InChI is InChI=1S/C18H12N2O2.C4H10O/c1-19-17(11-13-3-7-15(21)8-4-13)18(20-2)12-14-5-9-16(22)10-6-14;1-3-5-4-2/h3-12,21-22H;3-4H2,1-2H3/b17-11-,18-12-;. The van der Waals surface area contributed by atoms with Crippen molar-refractivity contribution in [3.8, 4) is 11.5 Å². The molecule has 0 heterocycles. The van der Waals surface area contributed by atoms with E-state index in [0.29, 0.717) is 0 Å². The lowest BCUT2D eigenvalue weighted by molar-refractivity contribution is 0.162. The fraction of sp³-hybridized carbons (Fsp3) is 0.182. The first-order chi connectivity index (χ1) is 13.0. The van der Waals surface area contributed by atoms with Gasteiger partial charge in [-0.15, -0.1) is 0 Å². The first-order valence-corrected chi connectivity index (χ1v) is 8.38. The van der Waals surface area contributed by atoms with Crippen LogP contribution in [-0.4, -0.2) is 23.4 Å². The van der Waals surface area contributed by atoms with E-state index in [1.165, 1.54) is 24.3 Å². The summed E-state index contributed by atoms with van der Waals surface area (Å²) >= 11 is 0. The van der Waals surface area contributed by atoms with Crippen LogP contribution < -0.4 is 0 Å². The lowest BCUT2D eigenvalue weighted by atomic mass is 10.1. The third-order valence-electron chi connectivity index (χ3n) is 3.30. The Morgan fingerprint density at radius 2 is 1.11 bits per heavy atom. The quantitative estimate of drug-likeness (QED) is 0.556. The van der Waals surface area contributed by atoms with Crippen molar-refractivity contribution in [1.29, 1.82) is 0 Å². The molecular formula is C22H22N2O3. The van der Waals surface area contributed by atoms with Gasteiger partial charge in [0.05, 0.1) is 13.1 Å². The van der Waals surface area contributed by atoms with E-state index in [1.807, 2.05) is 13.8 Å². The van der Waals surface area contributed by atoms with Crippen LogP contribution in [0.25, 0.3) is 21.8 Å². The Bertz CT molecular complexity index is 779. The van der Waals surface area contributed by atoms with E-state index in [4.69, 9.17) is 17.9 Å². The monoisotopic (exact) mass is 362 g/mol. The van der Waals surface area contributed by atoms with E-state index in [-0.39, 0.29) is 22.9 Å². The number of rotatable bonds is 5. The number of hydrogen-bond acceptors (Lipinski definition) is 3. The summed E-state index contributed by atoms with van der Waals surface area (Å²) in [7, 11) is 0. The largest absolute Gasteiger partial charge is 0.508 e. The molecule has 0 bridgehead atoms. The van der Waals surface area contributed by atoms with Gasteiger partial charge in [0.2, 0.25) is 0 Å². The van der Waals surface area contributed by atoms with Crippen LogP contribution in [-0.2, 0) is 4.74 Å². The average Bonchev–Trinajstić information content (AvgIpc) is 2.68. The zero-order valence-corrected chi connectivity index (χ0v) is 15.4. The van der Waals surface area contributed by atoms with E-state index in [1.54, 1.807) is 36.4 Å². The maximum atomic E-state index is 9.26. The summed E-state index contributed by atoms with van der Waals surface area (Å²) in [6.07, 6.45) is 3.19. The first kappa shape index (κ1) is 21.5. The molecule has 0 saturated heterocycles. The molecule has 0 amide bonds. The SMILES string of the molecule is CCOCC.[C-]#[N+]C(=C\c1ccc(O)cc1)/C(=C/c1ccc(O)cc1)[N+]#[C-]. The van der Waals surface area contributed by atoms with Crippen LogP contribution in [0, 0.1) is 13.1 Å². The molecule has 27 heavy (non-hydrogen) atoms. The molecule has 5 heteroatoms. The highest BCUT2D eigenvalue weighted by atomic mass is 16.5. The molecule has 0 aliphatic rings. The zero-order chi connectivity index (χ0) is 20.1. The molecule has 0 aliphatic carbocycles. The van der Waals surface area contributed by atoms with E-state index in [2.05, 4.69) is 9.69 Å². The molecule has 5 nitrogen and oxygen atoms in total. The minimum absolute atomic E-state index is 0.145. The van der Waals surface area contributed by atoms with Crippen molar-refractivity contribution in [1.82, 2.24) is 0 Å². The van der Waals surface area contributed by atoms with Gasteiger partial charge in [-0.25, -0.2) is 0 Å². The van der Waals surface area contributed by atoms with Gasteiger partial charge in [0.25, 0.3) is 0 Å². The molecule has 2 rings (SSSR count). The van der Waals surface area contributed by atoms with Gasteiger partial charge in [0.1, 0.15) is 11.5 Å². The minimum Gasteiger partial charge on any atom is -0.508 e. The summed E-state index contributed by atoms with van der Waals surface area (Å²) < 4.78 is 4.83. The molecule has 0 fully saturated rings. The van der Waals surface area contributed by atoms with Crippen molar-refractivity contribution in [2.45, 2.75) is 13.8 Å². The summed E-state index contributed by atoms with van der Waals surface area (Å²) in [5.74, 6) is 0.290. The number of phenols is 2. The van der Waals surface area contributed by atoms with Crippen LogP contribution in [0.1, 0.15) is 25.0 Å². The predicted molar refractivity (Wildman–Crippen MR) is 108 cm³/mol. The first-order valence-electron chi connectivity index (χ1n) is 8.38. The van der Waals surface area contributed by atoms with E-state index in [0.717, 1.165) is 24.3 Å². The second-order valence-electron chi connectivity index (χ2n) is 5.25. The highest BCUT2D eigenvalue weighted by Gasteiger charge is 2.06. The number of phenolic OH excluding ortho intramolecular Hbond substituents is 2. The minimum atomic E-state index is 0.145. The lowest BCUT2D eigenvalue weighted by Gasteiger charge is -2.00. The molecule has 2 N–H and O–H groups in total. The Hall–Kier alpha value is -3.54. The van der Waals surface area contributed by atoms with Gasteiger partial charge < -0.3 is 14.9 Å². The second kappa shape index (κ2) is 11.9. The average molecular weight is 362 g/mol. The Kier molecular flexibility index (Phi) is 9.49. The third kappa shape index (κ3) is 7.92. The summed E-state index contributed by atoms with van der Waals surface area (Å²) in [6, 6.07) is 12.8. The fourth-order valence-corrected chi connectivity index (χ4v) is 1.99. The number of ether oxygens (including phenoxy) is 1. The normalized spacial score (nSPS) is 11.0. The second-order valence-corrected chi connectivity index (χ2v) is 5.25. The molecule has 2 aromatic carbocycles. The van der Waals surface area contributed by atoms with Gasteiger partial charge in [-0.1, -0.05) is 36.4 Å². The van der Waals surface area contributed by atoms with Gasteiger partial charge >= 0.3 is 0 Å². The van der Waals surface area contributed by atoms with Crippen molar-refractivity contribution in [3.05, 3.63) is 93.9 Å². The highest BCUT2D eigenvalue weighted by Crippen LogP contribution is 2.22. The maximum absolute atomic E-state index is 9.26. The van der Waals surface area contributed by atoms with Gasteiger partial charge in [-0.05, 0) is 49.2 Å². The van der Waals surface area contributed by atoms with Gasteiger partial charge in [0.15, 0.2) is 11.4 Å². The number of nitrogens with zero attached hydrogens (tertiary/aromatic N) is 2. The van der Waals surface area contributed by atoms with Crippen molar-refractivity contribution in [2.24, 2.45) is 0 Å². The predicted octanol–water partition coefficient (Wildman–Crippen LogP) is 5.36. The zero-order valence-electron chi connectivity index (χ0n) is 15.4. The van der Waals surface area contributed by atoms with E-state index in [9.17, 15) is 10.2 Å². The van der Waals surface area contributed by atoms with Crippen LogP contribution in [0.3, 0.4) is 0 Å². The number of benzene rings is 2. The van der Waals surface area contributed by atoms with Crippen molar-refractivity contribution in [2.75, 3.05) is 13.2 Å². The van der Waals surface area contributed by atoms with Gasteiger partial charge in [-0.2, -0.15) is 0 Å². The molecule has 0 spiro atoms. The van der Waals surface area contributed by atoms with Gasteiger partial charge in [0, 0.05) is 13.2 Å².